The molecule has 0 aromatic carbocycles. The van der Waals surface area contributed by atoms with Crippen LogP contribution in [0.2, 0.25) is 0 Å². The molecule has 1 aliphatic heterocycles. The molecule has 0 aliphatic carbocycles. The highest BCUT2D eigenvalue weighted by Gasteiger charge is 2.25. The Kier molecular flexibility index (Phi) is 5.04. The molecule has 2 aromatic rings. The van der Waals surface area contributed by atoms with Crippen LogP contribution in [0.3, 0.4) is 0 Å². The van der Waals surface area contributed by atoms with Crippen molar-refractivity contribution in [3.05, 3.63) is 36.5 Å². The standard InChI is InChI=1S/C18H26N6/c1-18(2,3)13-24-9-4-6-14(12-24)15-10-22-16(11-21-15)23-17-19-7-5-8-20-17/h5,7-8,10-11,14H,4,6,9,12-13H2,1-3H3,(H,19,20,22,23)/t14-/m1/s1. The number of hydrogen-bond donors (Lipinski definition) is 1. The molecule has 3 rings (SSSR count). The van der Waals surface area contributed by atoms with E-state index in [-0.39, 0.29) is 0 Å². The maximum absolute atomic E-state index is 4.62. The van der Waals surface area contributed by atoms with Crippen LogP contribution in [-0.2, 0) is 0 Å². The second-order valence-corrected chi connectivity index (χ2v) is 7.66. The molecule has 0 radical (unpaired) electrons. The van der Waals surface area contributed by atoms with Gasteiger partial charge in [-0.15, -0.1) is 0 Å². The molecule has 0 spiro atoms. The van der Waals surface area contributed by atoms with Gasteiger partial charge in [-0.05, 0) is 30.9 Å². The summed E-state index contributed by atoms with van der Waals surface area (Å²) in [5.41, 5.74) is 1.41. The Morgan fingerprint density at radius 1 is 1.12 bits per heavy atom. The summed E-state index contributed by atoms with van der Waals surface area (Å²) in [5.74, 6) is 1.68. The molecule has 2 aromatic heterocycles. The lowest BCUT2D eigenvalue weighted by Crippen LogP contribution is -2.39. The molecular weight excluding hydrogens is 300 g/mol. The van der Waals surface area contributed by atoms with Gasteiger partial charge in [-0.1, -0.05) is 20.8 Å². The third-order valence-corrected chi connectivity index (χ3v) is 4.10. The van der Waals surface area contributed by atoms with Crippen LogP contribution in [0.25, 0.3) is 0 Å². The maximum Gasteiger partial charge on any atom is 0.228 e. The third kappa shape index (κ3) is 4.71. The van der Waals surface area contributed by atoms with Crippen molar-refractivity contribution in [2.75, 3.05) is 25.0 Å². The summed E-state index contributed by atoms with van der Waals surface area (Å²) in [6, 6.07) is 1.78. The van der Waals surface area contributed by atoms with Crippen molar-refractivity contribution in [3.8, 4) is 0 Å². The molecule has 1 saturated heterocycles. The molecule has 128 valence electrons. The van der Waals surface area contributed by atoms with Crippen molar-refractivity contribution in [3.63, 3.8) is 0 Å². The number of nitrogens with zero attached hydrogens (tertiary/aromatic N) is 5. The lowest BCUT2D eigenvalue weighted by Gasteiger charge is -2.36. The molecule has 3 heterocycles. The molecule has 6 nitrogen and oxygen atoms in total. The van der Waals surface area contributed by atoms with Crippen molar-refractivity contribution < 1.29 is 0 Å². The van der Waals surface area contributed by atoms with E-state index in [2.05, 4.69) is 50.9 Å². The van der Waals surface area contributed by atoms with E-state index in [0.29, 0.717) is 23.1 Å². The normalized spacial score (nSPS) is 19.2. The van der Waals surface area contributed by atoms with Gasteiger partial charge in [0.05, 0.1) is 18.1 Å². The first-order chi connectivity index (χ1) is 11.5. The minimum atomic E-state index is 0.330. The summed E-state index contributed by atoms with van der Waals surface area (Å²) >= 11 is 0. The monoisotopic (exact) mass is 326 g/mol. The van der Waals surface area contributed by atoms with Crippen LogP contribution in [0, 0.1) is 5.41 Å². The highest BCUT2D eigenvalue weighted by Crippen LogP contribution is 2.27. The molecule has 1 N–H and O–H groups in total. The van der Waals surface area contributed by atoms with E-state index in [1.165, 1.54) is 19.4 Å². The Bertz CT molecular complexity index is 635. The van der Waals surface area contributed by atoms with Crippen molar-refractivity contribution in [1.29, 1.82) is 0 Å². The lowest BCUT2D eigenvalue weighted by atomic mass is 9.91. The van der Waals surface area contributed by atoms with Crippen LogP contribution in [0.15, 0.2) is 30.9 Å². The number of rotatable bonds is 4. The molecule has 1 fully saturated rings. The van der Waals surface area contributed by atoms with Crippen molar-refractivity contribution in [2.45, 2.75) is 39.5 Å². The van der Waals surface area contributed by atoms with E-state index in [4.69, 9.17) is 0 Å². The molecule has 6 heteroatoms. The van der Waals surface area contributed by atoms with E-state index < -0.39 is 0 Å². The molecule has 1 aliphatic rings. The number of nitrogens with one attached hydrogen (secondary N) is 1. The quantitative estimate of drug-likeness (QED) is 0.930. The number of piperidine rings is 1. The average molecular weight is 326 g/mol. The third-order valence-electron chi connectivity index (χ3n) is 4.10. The summed E-state index contributed by atoms with van der Waals surface area (Å²) < 4.78 is 0. The smallest absolute Gasteiger partial charge is 0.228 e. The van der Waals surface area contributed by atoms with Gasteiger partial charge in [0.2, 0.25) is 5.95 Å². The molecular formula is C18H26N6. The second-order valence-electron chi connectivity index (χ2n) is 7.66. The van der Waals surface area contributed by atoms with E-state index in [1.54, 1.807) is 24.7 Å². The van der Waals surface area contributed by atoms with Crippen molar-refractivity contribution in [2.24, 2.45) is 5.41 Å². The fourth-order valence-corrected chi connectivity index (χ4v) is 3.20. The molecule has 0 amide bonds. The van der Waals surface area contributed by atoms with Gasteiger partial charge >= 0.3 is 0 Å². The number of anilines is 2. The van der Waals surface area contributed by atoms with Crippen LogP contribution in [0.1, 0.15) is 45.2 Å². The SMILES string of the molecule is CC(C)(C)CN1CCC[C@@H](c2cnc(Nc3ncccn3)cn2)C1. The summed E-state index contributed by atoms with van der Waals surface area (Å²) in [4.78, 5) is 19.9. The van der Waals surface area contributed by atoms with E-state index in [0.717, 1.165) is 18.8 Å². The predicted octanol–water partition coefficient (Wildman–Crippen LogP) is 3.24. The van der Waals surface area contributed by atoms with Gasteiger partial charge in [-0.2, -0.15) is 0 Å². The zero-order valence-electron chi connectivity index (χ0n) is 14.7. The van der Waals surface area contributed by atoms with Crippen LogP contribution in [-0.4, -0.2) is 44.5 Å². The van der Waals surface area contributed by atoms with E-state index in [9.17, 15) is 0 Å². The predicted molar refractivity (Wildman–Crippen MR) is 95.2 cm³/mol. The van der Waals surface area contributed by atoms with E-state index in [1.807, 2.05) is 6.20 Å². The first kappa shape index (κ1) is 16.8. The average Bonchev–Trinajstić information content (AvgIpc) is 2.55. The molecule has 24 heavy (non-hydrogen) atoms. The summed E-state index contributed by atoms with van der Waals surface area (Å²) in [6.45, 7) is 10.3. The zero-order chi connectivity index (χ0) is 17.0. The highest BCUT2D eigenvalue weighted by atomic mass is 15.1. The summed E-state index contributed by atoms with van der Waals surface area (Å²) in [7, 11) is 0. The summed E-state index contributed by atoms with van der Waals surface area (Å²) in [6.07, 6.45) is 9.46. The molecule has 1 atom stereocenters. The van der Waals surface area contributed by atoms with Gasteiger partial charge in [-0.25, -0.2) is 15.0 Å². The largest absolute Gasteiger partial charge is 0.307 e. The minimum absolute atomic E-state index is 0.330. The Morgan fingerprint density at radius 3 is 2.58 bits per heavy atom. The zero-order valence-corrected chi connectivity index (χ0v) is 14.7. The fourth-order valence-electron chi connectivity index (χ4n) is 3.20. The van der Waals surface area contributed by atoms with Crippen molar-refractivity contribution in [1.82, 2.24) is 24.8 Å². The topological polar surface area (TPSA) is 66.8 Å². The number of aromatic nitrogens is 4. The first-order valence-electron chi connectivity index (χ1n) is 8.58. The van der Waals surface area contributed by atoms with Gasteiger partial charge in [0.15, 0.2) is 5.82 Å². The van der Waals surface area contributed by atoms with Gasteiger partial charge in [0.25, 0.3) is 0 Å². The van der Waals surface area contributed by atoms with Gasteiger partial charge in [-0.3, -0.25) is 4.98 Å². The fraction of sp³-hybridized carbons (Fsp3) is 0.556. The van der Waals surface area contributed by atoms with Crippen LogP contribution in [0.5, 0.6) is 0 Å². The lowest BCUT2D eigenvalue weighted by molar-refractivity contribution is 0.149. The van der Waals surface area contributed by atoms with Crippen LogP contribution in [0.4, 0.5) is 11.8 Å². The van der Waals surface area contributed by atoms with Crippen LogP contribution >= 0.6 is 0 Å². The molecule has 0 unspecified atom stereocenters. The van der Waals surface area contributed by atoms with E-state index >= 15 is 0 Å². The number of likely N-dealkylation sites (tertiary alicyclic amines) is 1. The maximum atomic E-state index is 4.62. The first-order valence-corrected chi connectivity index (χ1v) is 8.58. The van der Waals surface area contributed by atoms with Gasteiger partial charge in [0.1, 0.15) is 0 Å². The Labute approximate surface area is 143 Å². The Morgan fingerprint density at radius 2 is 1.92 bits per heavy atom. The molecule has 0 saturated carbocycles. The summed E-state index contributed by atoms with van der Waals surface area (Å²) in [5, 5.41) is 3.07. The van der Waals surface area contributed by atoms with Gasteiger partial charge in [0, 0.05) is 31.4 Å². The van der Waals surface area contributed by atoms with Crippen molar-refractivity contribution >= 4 is 11.8 Å². The van der Waals surface area contributed by atoms with Gasteiger partial charge < -0.3 is 10.2 Å². The second kappa shape index (κ2) is 7.21. The minimum Gasteiger partial charge on any atom is -0.307 e. The number of hydrogen-bond acceptors (Lipinski definition) is 6. The van der Waals surface area contributed by atoms with Crippen LogP contribution < -0.4 is 5.32 Å². The Hall–Kier alpha value is -2.08. The molecule has 0 bridgehead atoms. The highest BCUT2D eigenvalue weighted by molar-refractivity contribution is 5.45. The Balaban J connectivity index is 1.62.